The van der Waals surface area contributed by atoms with E-state index in [1.807, 2.05) is 12.1 Å². The molecule has 1 aromatic heterocycles. The number of benzene rings is 7. The Morgan fingerprint density at radius 2 is 1.02 bits per heavy atom. The first-order valence-corrected chi connectivity index (χ1v) is 14.9. The van der Waals surface area contributed by atoms with Crippen molar-refractivity contribution in [1.29, 1.82) is 0 Å². The molecule has 9 rings (SSSR count). The van der Waals surface area contributed by atoms with Gasteiger partial charge in [-0.15, -0.1) is 0 Å². The van der Waals surface area contributed by atoms with Gasteiger partial charge in [0.05, 0.1) is 5.41 Å². The van der Waals surface area contributed by atoms with Gasteiger partial charge < -0.3 is 4.42 Å². The Balaban J connectivity index is 1.38. The van der Waals surface area contributed by atoms with Crippen molar-refractivity contribution in [3.05, 3.63) is 179 Å². The van der Waals surface area contributed by atoms with Crippen LogP contribution in [0.5, 0.6) is 0 Å². The lowest BCUT2D eigenvalue weighted by atomic mass is 9.67. The molecule has 8 aromatic rings. The van der Waals surface area contributed by atoms with E-state index in [1.165, 1.54) is 55.3 Å². The van der Waals surface area contributed by atoms with Gasteiger partial charge in [0.25, 0.3) is 0 Å². The van der Waals surface area contributed by atoms with Gasteiger partial charge in [0, 0.05) is 10.8 Å². The van der Waals surface area contributed by atoms with Gasteiger partial charge in [0.1, 0.15) is 11.2 Å². The fourth-order valence-electron chi connectivity index (χ4n) is 7.61. The zero-order valence-corrected chi connectivity index (χ0v) is 23.8. The molecule has 0 aliphatic heterocycles. The highest BCUT2D eigenvalue weighted by Crippen LogP contribution is 2.58. The topological polar surface area (TPSA) is 13.1 Å². The molecule has 0 saturated carbocycles. The monoisotopic (exact) mass is 548 g/mol. The highest BCUT2D eigenvalue weighted by molar-refractivity contribution is 6.07. The Kier molecular flexibility index (Phi) is 5.10. The molecule has 1 aliphatic carbocycles. The van der Waals surface area contributed by atoms with Gasteiger partial charge >= 0.3 is 0 Å². The van der Waals surface area contributed by atoms with Crippen LogP contribution in [0.2, 0.25) is 0 Å². The lowest BCUT2D eigenvalue weighted by molar-refractivity contribution is 0.669. The van der Waals surface area contributed by atoms with E-state index in [4.69, 9.17) is 4.42 Å². The molecule has 0 spiro atoms. The zero-order valence-electron chi connectivity index (χ0n) is 23.8. The number of hydrogen-bond acceptors (Lipinski definition) is 1. The van der Waals surface area contributed by atoms with Crippen molar-refractivity contribution in [3.63, 3.8) is 0 Å². The maximum absolute atomic E-state index is 6.30. The Morgan fingerprint density at radius 3 is 1.77 bits per heavy atom. The molecule has 7 aromatic carbocycles. The summed E-state index contributed by atoms with van der Waals surface area (Å²) in [6, 6.07) is 55.4. The number of hydrogen-bond donors (Lipinski definition) is 0. The number of rotatable bonds is 3. The Morgan fingerprint density at radius 1 is 0.442 bits per heavy atom. The molecule has 0 bridgehead atoms. The Bertz CT molecular complexity index is 2300. The third-order valence-corrected chi connectivity index (χ3v) is 9.47. The van der Waals surface area contributed by atoms with E-state index in [1.54, 1.807) is 0 Å². The zero-order chi connectivity index (χ0) is 28.5. The average molecular weight is 549 g/mol. The van der Waals surface area contributed by atoms with Crippen LogP contribution in [0, 0.1) is 6.92 Å². The predicted molar refractivity (Wildman–Crippen MR) is 179 cm³/mol. The first-order chi connectivity index (χ1) is 21.2. The summed E-state index contributed by atoms with van der Waals surface area (Å²) in [6.45, 7) is 2.25. The summed E-state index contributed by atoms with van der Waals surface area (Å²) >= 11 is 0. The normalized spacial score (nSPS) is 13.4. The standard InChI is InChI=1S/C42H28O/c1-27-24-38-41(35-18-9-8-16-32(27)35)36-23-21-28(29-20-22-34-33-17-10-11-19-39(33)43-40(34)26-29)25-37(36)42(38,30-12-4-2-5-13-30)31-14-6-3-7-15-31/h2-26H,1H3. The number of fused-ring (bicyclic) bond motifs is 8. The largest absolute Gasteiger partial charge is 0.456 e. The van der Waals surface area contributed by atoms with Crippen molar-refractivity contribution in [2.24, 2.45) is 0 Å². The Hall–Kier alpha value is -5.40. The summed E-state index contributed by atoms with van der Waals surface area (Å²) in [6.07, 6.45) is 0. The maximum atomic E-state index is 6.30. The van der Waals surface area contributed by atoms with Gasteiger partial charge in [-0.05, 0) is 92.0 Å². The fourth-order valence-corrected chi connectivity index (χ4v) is 7.61. The van der Waals surface area contributed by atoms with Gasteiger partial charge in [0.2, 0.25) is 0 Å². The lowest BCUT2D eigenvalue weighted by Crippen LogP contribution is -2.28. The van der Waals surface area contributed by atoms with Crippen LogP contribution >= 0.6 is 0 Å². The van der Waals surface area contributed by atoms with Gasteiger partial charge in [-0.1, -0.05) is 127 Å². The Labute approximate surface area is 250 Å². The van der Waals surface area contributed by atoms with Crippen molar-refractivity contribution in [1.82, 2.24) is 0 Å². The highest BCUT2D eigenvalue weighted by atomic mass is 16.3. The van der Waals surface area contributed by atoms with Crippen molar-refractivity contribution in [3.8, 4) is 22.3 Å². The van der Waals surface area contributed by atoms with E-state index in [0.29, 0.717) is 0 Å². The van der Waals surface area contributed by atoms with E-state index in [0.717, 1.165) is 27.5 Å². The summed E-state index contributed by atoms with van der Waals surface area (Å²) in [5.74, 6) is 0. The summed E-state index contributed by atoms with van der Waals surface area (Å²) in [5.41, 5.74) is 12.9. The van der Waals surface area contributed by atoms with E-state index in [2.05, 4.69) is 146 Å². The average Bonchev–Trinajstić information content (AvgIpc) is 3.58. The molecule has 1 aliphatic rings. The molecule has 43 heavy (non-hydrogen) atoms. The van der Waals surface area contributed by atoms with Crippen molar-refractivity contribution >= 4 is 32.7 Å². The van der Waals surface area contributed by atoms with Gasteiger partial charge in [-0.2, -0.15) is 0 Å². The highest BCUT2D eigenvalue weighted by Gasteiger charge is 2.47. The number of para-hydroxylation sites is 1. The van der Waals surface area contributed by atoms with Crippen LogP contribution in [0.1, 0.15) is 27.8 Å². The minimum Gasteiger partial charge on any atom is -0.456 e. The van der Waals surface area contributed by atoms with Crippen LogP contribution in [-0.4, -0.2) is 0 Å². The molecule has 1 heteroatoms. The summed E-state index contributed by atoms with van der Waals surface area (Å²) in [4.78, 5) is 0. The molecule has 0 amide bonds. The number of furan rings is 1. The second kappa shape index (κ2) is 9.05. The molecule has 0 unspecified atom stereocenters. The summed E-state index contributed by atoms with van der Waals surface area (Å²) in [5, 5.41) is 4.92. The molecule has 0 saturated heterocycles. The van der Waals surface area contributed by atoms with Crippen LogP contribution in [0.3, 0.4) is 0 Å². The molecule has 202 valence electrons. The van der Waals surface area contributed by atoms with Crippen molar-refractivity contribution in [2.45, 2.75) is 12.3 Å². The second-order valence-electron chi connectivity index (χ2n) is 11.7. The van der Waals surface area contributed by atoms with Crippen LogP contribution in [0.25, 0.3) is 55.0 Å². The third kappa shape index (κ3) is 3.34. The first kappa shape index (κ1) is 24.2. The van der Waals surface area contributed by atoms with Crippen LogP contribution in [0.15, 0.2) is 156 Å². The molecule has 0 fully saturated rings. The molecule has 1 nitrogen and oxygen atoms in total. The first-order valence-electron chi connectivity index (χ1n) is 14.9. The fraction of sp³-hybridized carbons (Fsp3) is 0.0476. The maximum Gasteiger partial charge on any atom is 0.136 e. The molecule has 0 radical (unpaired) electrons. The minimum atomic E-state index is -0.457. The third-order valence-electron chi connectivity index (χ3n) is 9.47. The van der Waals surface area contributed by atoms with Crippen LogP contribution < -0.4 is 0 Å². The van der Waals surface area contributed by atoms with Gasteiger partial charge in [-0.3, -0.25) is 0 Å². The van der Waals surface area contributed by atoms with E-state index in [-0.39, 0.29) is 0 Å². The van der Waals surface area contributed by atoms with Gasteiger partial charge in [-0.25, -0.2) is 0 Å². The van der Waals surface area contributed by atoms with Gasteiger partial charge in [0.15, 0.2) is 0 Å². The molecular weight excluding hydrogens is 520 g/mol. The van der Waals surface area contributed by atoms with Crippen LogP contribution in [-0.2, 0) is 5.41 Å². The second-order valence-corrected chi connectivity index (χ2v) is 11.7. The van der Waals surface area contributed by atoms with E-state index < -0.39 is 5.41 Å². The minimum absolute atomic E-state index is 0.457. The molecule has 1 heterocycles. The predicted octanol–water partition coefficient (Wildman–Crippen LogP) is 11.1. The quantitative estimate of drug-likeness (QED) is 0.214. The smallest absolute Gasteiger partial charge is 0.136 e. The van der Waals surface area contributed by atoms with Crippen molar-refractivity contribution < 1.29 is 4.42 Å². The van der Waals surface area contributed by atoms with Crippen LogP contribution in [0.4, 0.5) is 0 Å². The van der Waals surface area contributed by atoms with E-state index in [9.17, 15) is 0 Å². The summed E-state index contributed by atoms with van der Waals surface area (Å²) < 4.78 is 6.30. The molecule has 0 N–H and O–H groups in total. The lowest BCUT2D eigenvalue weighted by Gasteiger charge is -2.34. The summed E-state index contributed by atoms with van der Waals surface area (Å²) in [7, 11) is 0. The molecule has 0 atom stereocenters. The molecular formula is C42H28O. The number of aryl methyl sites for hydroxylation is 1. The SMILES string of the molecule is Cc1cc2c(c3ccccc13)-c1ccc(-c3ccc4c(c3)oc3ccccc34)cc1C2(c1ccccc1)c1ccccc1. The van der Waals surface area contributed by atoms with E-state index >= 15 is 0 Å². The van der Waals surface area contributed by atoms with Crippen molar-refractivity contribution in [2.75, 3.05) is 0 Å².